The molecule has 3 amide bonds. The fourth-order valence-electron chi connectivity index (χ4n) is 5.81. The van der Waals surface area contributed by atoms with E-state index < -0.39 is 10.8 Å². The molecule has 2 unspecified atom stereocenters. The minimum Gasteiger partial charge on any atom is -0.326 e. The van der Waals surface area contributed by atoms with Gasteiger partial charge in [0.05, 0.1) is 11.5 Å². The topological polar surface area (TPSA) is 117 Å². The number of aromatic nitrogens is 1. The molecule has 39 heavy (non-hydrogen) atoms. The third-order valence-electron chi connectivity index (χ3n) is 7.87. The number of nitrogens with two attached hydrogens (primary N) is 1. The minimum absolute atomic E-state index is 0.0407. The summed E-state index contributed by atoms with van der Waals surface area (Å²) in [4.78, 5) is 45.7. The van der Waals surface area contributed by atoms with Gasteiger partial charge in [0.25, 0.3) is 0 Å². The molecule has 1 aliphatic carbocycles. The highest BCUT2D eigenvalue weighted by Crippen LogP contribution is 2.47. The third-order valence-corrected chi connectivity index (χ3v) is 7.87. The molecule has 1 aliphatic heterocycles. The second-order valence-electron chi connectivity index (χ2n) is 11.6. The van der Waals surface area contributed by atoms with Crippen LogP contribution in [0.25, 0.3) is 0 Å². The van der Waals surface area contributed by atoms with Gasteiger partial charge in [-0.2, -0.15) is 0 Å². The van der Waals surface area contributed by atoms with E-state index in [1.807, 2.05) is 82.3 Å². The Morgan fingerprint density at radius 1 is 1.10 bits per heavy atom. The van der Waals surface area contributed by atoms with Gasteiger partial charge in [-0.1, -0.05) is 57.2 Å². The molecule has 8 nitrogen and oxygen atoms in total. The van der Waals surface area contributed by atoms with Crippen LogP contribution in [0.1, 0.15) is 61.6 Å². The van der Waals surface area contributed by atoms with Crippen LogP contribution in [0.5, 0.6) is 0 Å². The van der Waals surface area contributed by atoms with Crippen LogP contribution in [-0.2, 0) is 39.2 Å². The van der Waals surface area contributed by atoms with Gasteiger partial charge in [-0.3, -0.25) is 14.4 Å². The van der Waals surface area contributed by atoms with Crippen molar-refractivity contribution < 1.29 is 14.4 Å². The van der Waals surface area contributed by atoms with E-state index in [0.717, 1.165) is 27.8 Å². The highest BCUT2D eigenvalue weighted by molar-refractivity contribution is 6.06. The Balaban J connectivity index is 1.35. The van der Waals surface area contributed by atoms with Crippen molar-refractivity contribution in [2.24, 2.45) is 11.1 Å². The van der Waals surface area contributed by atoms with Crippen molar-refractivity contribution in [3.05, 3.63) is 88.6 Å². The summed E-state index contributed by atoms with van der Waals surface area (Å²) >= 11 is 0. The van der Waals surface area contributed by atoms with Gasteiger partial charge in [0.15, 0.2) is 0 Å². The first kappa shape index (κ1) is 26.6. The quantitative estimate of drug-likeness (QED) is 0.448. The number of anilines is 2. The number of fused-ring (bicyclic) bond motifs is 3. The van der Waals surface area contributed by atoms with E-state index in [4.69, 9.17) is 5.73 Å². The zero-order chi connectivity index (χ0) is 27.9. The summed E-state index contributed by atoms with van der Waals surface area (Å²) in [5.41, 5.74) is 10.2. The molecule has 0 radical (unpaired) electrons. The lowest BCUT2D eigenvalue weighted by atomic mass is 9.79. The fraction of sp³-hybridized carbons (Fsp3) is 0.355. The Morgan fingerprint density at radius 2 is 1.85 bits per heavy atom. The first-order valence-corrected chi connectivity index (χ1v) is 13.3. The number of pyridine rings is 1. The van der Waals surface area contributed by atoms with Gasteiger partial charge in [-0.25, -0.2) is 4.98 Å². The van der Waals surface area contributed by atoms with Crippen LogP contribution in [-0.4, -0.2) is 34.2 Å². The summed E-state index contributed by atoms with van der Waals surface area (Å²) in [6.07, 6.45) is 2.81. The van der Waals surface area contributed by atoms with E-state index in [-0.39, 0.29) is 30.3 Å². The van der Waals surface area contributed by atoms with Gasteiger partial charge in [0.1, 0.15) is 12.4 Å². The average Bonchev–Trinajstić information content (AvgIpc) is 3.42. The molecule has 1 spiro atoms. The van der Waals surface area contributed by atoms with Gasteiger partial charge in [-0.05, 0) is 60.2 Å². The lowest BCUT2D eigenvalue weighted by Crippen LogP contribution is -2.45. The molecule has 8 heteroatoms. The Bertz CT molecular complexity index is 1460. The first-order valence-electron chi connectivity index (χ1n) is 13.3. The molecule has 3 aromatic rings. The first-order chi connectivity index (χ1) is 18.5. The van der Waals surface area contributed by atoms with E-state index in [2.05, 4.69) is 15.6 Å². The van der Waals surface area contributed by atoms with Crippen LogP contribution in [0.3, 0.4) is 0 Å². The highest BCUT2D eigenvalue weighted by Gasteiger charge is 2.51. The SMILES string of the molecule is CC(c1ccccc1CN)N(CC(=O)Nc1ccc2c(c1)CC1(C2)C(=O)Nc2ncccc21)C(=O)C(C)(C)C. The molecular weight excluding hydrogens is 490 g/mol. The lowest BCUT2D eigenvalue weighted by molar-refractivity contribution is -0.144. The number of carbonyl (C=O) groups excluding carboxylic acids is 3. The van der Waals surface area contributed by atoms with Crippen molar-refractivity contribution in [1.29, 1.82) is 0 Å². The van der Waals surface area contributed by atoms with Gasteiger partial charge in [0, 0.05) is 29.4 Å². The molecule has 0 saturated heterocycles. The van der Waals surface area contributed by atoms with E-state index in [0.29, 0.717) is 30.9 Å². The van der Waals surface area contributed by atoms with Gasteiger partial charge < -0.3 is 21.3 Å². The molecule has 202 valence electrons. The third kappa shape index (κ3) is 4.81. The van der Waals surface area contributed by atoms with Crippen molar-refractivity contribution in [1.82, 2.24) is 9.88 Å². The number of nitrogens with zero attached hydrogens (tertiary/aromatic N) is 2. The van der Waals surface area contributed by atoms with Crippen molar-refractivity contribution in [2.75, 3.05) is 17.2 Å². The Labute approximate surface area is 229 Å². The predicted molar refractivity (Wildman–Crippen MR) is 151 cm³/mol. The fourth-order valence-corrected chi connectivity index (χ4v) is 5.81. The largest absolute Gasteiger partial charge is 0.326 e. The second kappa shape index (κ2) is 9.93. The summed E-state index contributed by atoms with van der Waals surface area (Å²) in [6.45, 7) is 7.73. The number of nitrogens with one attached hydrogen (secondary N) is 2. The maximum absolute atomic E-state index is 13.5. The normalized spacial score (nSPS) is 18.3. The highest BCUT2D eigenvalue weighted by atomic mass is 16.2. The van der Waals surface area contributed by atoms with Crippen LogP contribution in [0, 0.1) is 5.41 Å². The number of benzene rings is 2. The van der Waals surface area contributed by atoms with Gasteiger partial charge in [-0.15, -0.1) is 0 Å². The van der Waals surface area contributed by atoms with E-state index >= 15 is 0 Å². The molecule has 0 saturated carbocycles. The van der Waals surface area contributed by atoms with Crippen molar-refractivity contribution in [2.45, 2.75) is 58.5 Å². The smallest absolute Gasteiger partial charge is 0.244 e. The molecule has 5 rings (SSSR count). The zero-order valence-electron chi connectivity index (χ0n) is 22.9. The summed E-state index contributed by atoms with van der Waals surface area (Å²) in [6, 6.07) is 17.0. The molecule has 2 aliphatic rings. The van der Waals surface area contributed by atoms with Crippen molar-refractivity contribution in [3.63, 3.8) is 0 Å². The van der Waals surface area contributed by atoms with Gasteiger partial charge >= 0.3 is 0 Å². The van der Waals surface area contributed by atoms with Crippen LogP contribution >= 0.6 is 0 Å². The van der Waals surface area contributed by atoms with Crippen LogP contribution in [0.2, 0.25) is 0 Å². The number of hydrogen-bond acceptors (Lipinski definition) is 5. The zero-order valence-corrected chi connectivity index (χ0v) is 22.9. The average molecular weight is 526 g/mol. The van der Waals surface area contributed by atoms with Crippen molar-refractivity contribution in [3.8, 4) is 0 Å². The van der Waals surface area contributed by atoms with Crippen LogP contribution < -0.4 is 16.4 Å². The van der Waals surface area contributed by atoms with E-state index in [9.17, 15) is 14.4 Å². The summed E-state index contributed by atoms with van der Waals surface area (Å²) < 4.78 is 0. The van der Waals surface area contributed by atoms with E-state index in [1.54, 1.807) is 11.1 Å². The maximum atomic E-state index is 13.5. The molecule has 0 bridgehead atoms. The van der Waals surface area contributed by atoms with Crippen LogP contribution in [0.15, 0.2) is 60.8 Å². The predicted octanol–water partition coefficient (Wildman–Crippen LogP) is 4.10. The number of amides is 3. The Morgan fingerprint density at radius 3 is 2.59 bits per heavy atom. The summed E-state index contributed by atoms with van der Waals surface area (Å²) in [7, 11) is 0. The summed E-state index contributed by atoms with van der Waals surface area (Å²) in [5.74, 6) is 0.178. The molecule has 2 atom stereocenters. The van der Waals surface area contributed by atoms with Gasteiger partial charge in [0.2, 0.25) is 17.7 Å². The molecule has 0 fully saturated rings. The maximum Gasteiger partial charge on any atom is 0.244 e. The molecule has 4 N–H and O–H groups in total. The number of rotatable bonds is 6. The number of carbonyl (C=O) groups is 3. The molecule has 1 aromatic heterocycles. The van der Waals surface area contributed by atoms with Crippen molar-refractivity contribution >= 4 is 29.2 Å². The Kier molecular flexibility index (Phi) is 6.76. The summed E-state index contributed by atoms with van der Waals surface area (Å²) in [5, 5.41) is 5.91. The second-order valence-corrected chi connectivity index (χ2v) is 11.6. The lowest BCUT2D eigenvalue weighted by Gasteiger charge is -2.35. The van der Waals surface area contributed by atoms with Crippen LogP contribution in [0.4, 0.5) is 11.5 Å². The Hall–Kier alpha value is -4.04. The van der Waals surface area contributed by atoms with E-state index in [1.165, 1.54) is 0 Å². The minimum atomic E-state index is -0.670. The monoisotopic (exact) mass is 525 g/mol. The standard InChI is InChI=1S/C31H35N5O3/c1-19(24-9-6-5-8-21(24)17-32)36(29(39)30(2,3)4)18-26(37)34-23-12-11-20-15-31(16-22(20)14-23)25-10-7-13-33-27(25)35-28(31)38/h5-14,19H,15-18,32H2,1-4H3,(H,34,37)(H,33,35,38). The molecule has 2 aromatic carbocycles. The number of hydrogen-bond donors (Lipinski definition) is 3. The molecular formula is C31H35N5O3. The molecule has 2 heterocycles.